The molecule has 3 rings (SSSR count). The van der Waals surface area contributed by atoms with Crippen LogP contribution in [0.15, 0.2) is 47.8 Å². The van der Waals surface area contributed by atoms with Crippen molar-refractivity contribution in [2.75, 3.05) is 11.9 Å². The van der Waals surface area contributed by atoms with Crippen molar-refractivity contribution >= 4 is 22.4 Å². The first kappa shape index (κ1) is 21.1. The molecule has 1 amide bonds. The van der Waals surface area contributed by atoms with Crippen LogP contribution in [0.2, 0.25) is 0 Å². The highest BCUT2D eigenvalue weighted by Gasteiger charge is 2.09. The van der Waals surface area contributed by atoms with Gasteiger partial charge in [-0.2, -0.15) is 0 Å². The Kier molecular flexibility index (Phi) is 7.42. The molecule has 3 aromatic rings. The number of aromatic nitrogens is 1. The fourth-order valence-electron chi connectivity index (χ4n) is 3.01. The summed E-state index contributed by atoms with van der Waals surface area (Å²) in [6.07, 6.45) is 3.30. The molecule has 0 atom stereocenters. The number of aryl methyl sites for hydroxylation is 3. The van der Waals surface area contributed by atoms with Crippen LogP contribution in [-0.2, 0) is 11.2 Å². The third kappa shape index (κ3) is 6.16. The minimum atomic E-state index is -0.0344. The number of nitrogens with one attached hydrogen (secondary N) is 1. The molecule has 29 heavy (non-hydrogen) atoms. The number of anilines is 1. The fourth-order valence-corrected chi connectivity index (χ4v) is 3.75. The standard InChI is InChI=1S/C24H28N2O2S/c1-4-6-19-9-12-21(13-10-19)28-14-5-7-23(27)26-24-25-22(16-29-24)20-11-8-17(2)18(3)15-20/h8-13,15-16H,4-7,14H2,1-3H3,(H,25,26,27). The van der Waals surface area contributed by atoms with E-state index in [2.05, 4.69) is 61.4 Å². The first-order valence-electron chi connectivity index (χ1n) is 10.1. The van der Waals surface area contributed by atoms with Crippen molar-refractivity contribution in [2.45, 2.75) is 46.5 Å². The van der Waals surface area contributed by atoms with Crippen LogP contribution in [0.1, 0.15) is 42.9 Å². The fraction of sp³-hybridized carbons (Fsp3) is 0.333. The molecule has 0 aliphatic carbocycles. The molecule has 5 heteroatoms. The number of hydrogen-bond acceptors (Lipinski definition) is 4. The second-order valence-corrected chi connectivity index (χ2v) is 8.09. The van der Waals surface area contributed by atoms with E-state index in [9.17, 15) is 4.79 Å². The Morgan fingerprint density at radius 1 is 1.10 bits per heavy atom. The van der Waals surface area contributed by atoms with Gasteiger partial charge in [0, 0.05) is 17.4 Å². The molecule has 152 valence electrons. The van der Waals surface area contributed by atoms with E-state index in [1.54, 1.807) is 0 Å². The molecule has 2 aromatic carbocycles. The lowest BCUT2D eigenvalue weighted by atomic mass is 10.1. The van der Waals surface area contributed by atoms with Gasteiger partial charge in [0.15, 0.2) is 5.13 Å². The average molecular weight is 409 g/mol. The van der Waals surface area contributed by atoms with Crippen molar-refractivity contribution < 1.29 is 9.53 Å². The number of carbonyl (C=O) groups is 1. The second-order valence-electron chi connectivity index (χ2n) is 7.23. The van der Waals surface area contributed by atoms with Gasteiger partial charge in [-0.25, -0.2) is 4.98 Å². The van der Waals surface area contributed by atoms with Gasteiger partial charge in [-0.05, 0) is 61.6 Å². The van der Waals surface area contributed by atoms with Gasteiger partial charge in [0.1, 0.15) is 5.75 Å². The summed E-state index contributed by atoms with van der Waals surface area (Å²) < 4.78 is 5.73. The maximum Gasteiger partial charge on any atom is 0.226 e. The maximum absolute atomic E-state index is 12.2. The van der Waals surface area contributed by atoms with Crippen LogP contribution in [0.4, 0.5) is 5.13 Å². The van der Waals surface area contributed by atoms with E-state index in [0.29, 0.717) is 24.6 Å². The van der Waals surface area contributed by atoms with Gasteiger partial charge in [-0.3, -0.25) is 4.79 Å². The number of nitrogens with zero attached hydrogens (tertiary/aromatic N) is 1. The molecule has 0 spiro atoms. The molecule has 0 fully saturated rings. The molecular formula is C24H28N2O2S. The van der Waals surface area contributed by atoms with E-state index in [4.69, 9.17) is 4.74 Å². The second kappa shape index (κ2) is 10.2. The normalized spacial score (nSPS) is 10.7. The van der Waals surface area contributed by atoms with Crippen LogP contribution < -0.4 is 10.1 Å². The molecule has 0 unspecified atom stereocenters. The third-order valence-electron chi connectivity index (χ3n) is 4.83. The SMILES string of the molecule is CCCc1ccc(OCCCC(=O)Nc2nc(-c3ccc(C)c(C)c3)cs2)cc1. The van der Waals surface area contributed by atoms with Gasteiger partial charge in [0.05, 0.1) is 12.3 Å². The number of benzene rings is 2. The van der Waals surface area contributed by atoms with Gasteiger partial charge < -0.3 is 10.1 Å². The lowest BCUT2D eigenvalue weighted by Crippen LogP contribution is -2.12. The summed E-state index contributed by atoms with van der Waals surface area (Å²) in [5.74, 6) is 0.816. The predicted molar refractivity (Wildman–Crippen MR) is 121 cm³/mol. The Labute approximate surface area is 177 Å². The van der Waals surface area contributed by atoms with Crippen LogP contribution in [0, 0.1) is 13.8 Å². The van der Waals surface area contributed by atoms with E-state index in [1.165, 1.54) is 28.0 Å². The highest BCUT2D eigenvalue weighted by molar-refractivity contribution is 7.14. The Bertz CT molecular complexity index is 948. The van der Waals surface area contributed by atoms with Gasteiger partial charge >= 0.3 is 0 Å². The highest BCUT2D eigenvalue weighted by atomic mass is 32.1. The zero-order valence-corrected chi connectivity index (χ0v) is 18.1. The van der Waals surface area contributed by atoms with Crippen LogP contribution in [0.5, 0.6) is 5.75 Å². The summed E-state index contributed by atoms with van der Waals surface area (Å²) in [6, 6.07) is 14.5. The van der Waals surface area contributed by atoms with E-state index in [-0.39, 0.29) is 5.91 Å². The number of hydrogen-bond donors (Lipinski definition) is 1. The predicted octanol–water partition coefficient (Wildman–Crippen LogP) is 6.18. The Hall–Kier alpha value is -2.66. The minimum Gasteiger partial charge on any atom is -0.494 e. The van der Waals surface area contributed by atoms with Crippen LogP contribution in [0.25, 0.3) is 11.3 Å². The molecule has 1 heterocycles. The quantitative estimate of drug-likeness (QED) is 0.430. The average Bonchev–Trinajstić information content (AvgIpc) is 3.17. The molecule has 1 N–H and O–H groups in total. The van der Waals surface area contributed by atoms with E-state index in [0.717, 1.165) is 29.8 Å². The zero-order chi connectivity index (χ0) is 20.6. The lowest BCUT2D eigenvalue weighted by Gasteiger charge is -2.07. The molecule has 0 aliphatic heterocycles. The summed E-state index contributed by atoms with van der Waals surface area (Å²) in [7, 11) is 0. The number of ether oxygens (including phenoxy) is 1. The molecule has 0 bridgehead atoms. The zero-order valence-electron chi connectivity index (χ0n) is 17.3. The molecule has 1 aromatic heterocycles. The summed E-state index contributed by atoms with van der Waals surface area (Å²) in [4.78, 5) is 16.7. The molecular weight excluding hydrogens is 380 g/mol. The molecule has 0 radical (unpaired) electrons. The third-order valence-corrected chi connectivity index (χ3v) is 5.59. The number of carbonyl (C=O) groups excluding carboxylic acids is 1. The van der Waals surface area contributed by atoms with Gasteiger partial charge in [-0.1, -0.05) is 37.6 Å². The first-order valence-corrected chi connectivity index (χ1v) is 11.0. The molecule has 0 aliphatic rings. The van der Waals surface area contributed by atoms with Crippen molar-refractivity contribution in [1.82, 2.24) is 4.98 Å². The lowest BCUT2D eigenvalue weighted by molar-refractivity contribution is -0.116. The van der Waals surface area contributed by atoms with Gasteiger partial charge in [0.25, 0.3) is 0 Å². The van der Waals surface area contributed by atoms with Crippen LogP contribution >= 0.6 is 11.3 Å². The van der Waals surface area contributed by atoms with Gasteiger partial charge in [-0.15, -0.1) is 11.3 Å². The number of amides is 1. The molecule has 0 saturated heterocycles. The topological polar surface area (TPSA) is 51.2 Å². The van der Waals surface area contributed by atoms with E-state index in [1.807, 2.05) is 17.5 Å². The molecule has 4 nitrogen and oxygen atoms in total. The van der Waals surface area contributed by atoms with E-state index < -0.39 is 0 Å². The van der Waals surface area contributed by atoms with Crippen molar-refractivity contribution in [1.29, 1.82) is 0 Å². The molecule has 0 saturated carbocycles. The van der Waals surface area contributed by atoms with E-state index >= 15 is 0 Å². The van der Waals surface area contributed by atoms with Crippen LogP contribution in [0.3, 0.4) is 0 Å². The Morgan fingerprint density at radius 2 is 1.90 bits per heavy atom. The highest BCUT2D eigenvalue weighted by Crippen LogP contribution is 2.26. The Balaban J connectivity index is 1.43. The number of thiazole rings is 1. The minimum absolute atomic E-state index is 0.0344. The summed E-state index contributed by atoms with van der Waals surface area (Å²) in [5.41, 5.74) is 5.78. The summed E-state index contributed by atoms with van der Waals surface area (Å²) in [6.45, 7) is 6.88. The summed E-state index contributed by atoms with van der Waals surface area (Å²) >= 11 is 1.45. The first-order chi connectivity index (χ1) is 14.0. The smallest absolute Gasteiger partial charge is 0.226 e. The summed E-state index contributed by atoms with van der Waals surface area (Å²) in [5, 5.41) is 5.50. The van der Waals surface area contributed by atoms with Crippen molar-refractivity contribution in [3.63, 3.8) is 0 Å². The number of rotatable bonds is 9. The van der Waals surface area contributed by atoms with Crippen molar-refractivity contribution in [2.24, 2.45) is 0 Å². The van der Waals surface area contributed by atoms with Crippen LogP contribution in [-0.4, -0.2) is 17.5 Å². The van der Waals surface area contributed by atoms with Gasteiger partial charge in [0.2, 0.25) is 5.91 Å². The maximum atomic E-state index is 12.2. The van der Waals surface area contributed by atoms with Crippen molar-refractivity contribution in [3.05, 3.63) is 64.5 Å². The van der Waals surface area contributed by atoms with Crippen molar-refractivity contribution in [3.8, 4) is 17.0 Å². The largest absolute Gasteiger partial charge is 0.494 e. The Morgan fingerprint density at radius 3 is 2.62 bits per heavy atom. The monoisotopic (exact) mass is 408 g/mol.